The first-order valence-corrected chi connectivity index (χ1v) is 9.89. The number of hydrogen-bond acceptors (Lipinski definition) is 6. The Labute approximate surface area is 173 Å². The molecule has 8 nitrogen and oxygen atoms in total. The van der Waals surface area contributed by atoms with Crippen molar-refractivity contribution in [2.75, 3.05) is 7.05 Å². The second-order valence-electron chi connectivity index (χ2n) is 7.47. The summed E-state index contributed by atoms with van der Waals surface area (Å²) in [5.74, 6) is -1.19. The lowest BCUT2D eigenvalue weighted by molar-refractivity contribution is -0.129. The molecule has 0 aliphatic carbocycles. The van der Waals surface area contributed by atoms with E-state index in [4.69, 9.17) is 0 Å². The van der Waals surface area contributed by atoms with Gasteiger partial charge in [0.15, 0.2) is 11.6 Å². The van der Waals surface area contributed by atoms with Crippen LogP contribution in [0.15, 0.2) is 12.2 Å². The van der Waals surface area contributed by atoms with Gasteiger partial charge in [-0.1, -0.05) is 12.2 Å². The van der Waals surface area contributed by atoms with Crippen LogP contribution in [0.25, 0.3) is 0 Å². The highest BCUT2D eigenvalue weighted by Crippen LogP contribution is 2.07. The largest absolute Gasteiger partial charge is 0.346 e. The Morgan fingerprint density at radius 3 is 1.38 bits per heavy atom. The summed E-state index contributed by atoms with van der Waals surface area (Å²) < 4.78 is 0. The van der Waals surface area contributed by atoms with Gasteiger partial charge in [-0.05, 0) is 54.0 Å². The number of likely N-dealkylation sites (N-methyl/N-ethyl adjacent to an activating group) is 1. The molecular weight excluding hydrogens is 374 g/mol. The molecule has 3 atom stereocenters. The third kappa shape index (κ3) is 11.9. The van der Waals surface area contributed by atoms with Gasteiger partial charge in [-0.15, -0.1) is 0 Å². The van der Waals surface area contributed by atoms with Crippen LogP contribution in [0.2, 0.25) is 0 Å². The van der Waals surface area contributed by atoms with Crippen LogP contribution >= 0.6 is 0 Å². The van der Waals surface area contributed by atoms with Crippen LogP contribution in [-0.2, 0) is 24.0 Å². The van der Waals surface area contributed by atoms with E-state index in [0.717, 1.165) is 5.57 Å². The average molecular weight is 410 g/mol. The van der Waals surface area contributed by atoms with E-state index < -0.39 is 18.0 Å². The van der Waals surface area contributed by atoms with Crippen molar-refractivity contribution < 1.29 is 24.0 Å². The quantitative estimate of drug-likeness (QED) is 0.350. The van der Waals surface area contributed by atoms with Crippen molar-refractivity contribution in [2.24, 2.45) is 0 Å². The second-order valence-corrected chi connectivity index (χ2v) is 7.47. The van der Waals surface area contributed by atoms with Crippen LogP contribution in [0.5, 0.6) is 0 Å². The number of rotatable bonds is 15. The van der Waals surface area contributed by atoms with Gasteiger partial charge in [0.2, 0.25) is 11.8 Å². The topological polar surface area (TPSA) is 121 Å². The predicted molar refractivity (Wildman–Crippen MR) is 111 cm³/mol. The monoisotopic (exact) mass is 409 g/mol. The number of carbonyl (C=O) groups is 5. The molecule has 3 unspecified atom stereocenters. The first-order valence-electron chi connectivity index (χ1n) is 9.89. The molecule has 164 valence electrons. The normalized spacial score (nSPS) is 13.7. The van der Waals surface area contributed by atoms with E-state index in [1.165, 1.54) is 20.8 Å². The highest BCUT2D eigenvalue weighted by atomic mass is 16.2. The average Bonchev–Trinajstić information content (AvgIpc) is 2.61. The Morgan fingerprint density at radius 2 is 1.07 bits per heavy atom. The zero-order chi connectivity index (χ0) is 22.6. The standard InChI is InChI=1S/C21H35N3O5/c1-13(2)17(22-6)9-11-20(28)24-19(16(5)27)10-12-21(29)23-18(15(4)26)8-7-14(3)25/h17-19,22H,1,7-12H2,2-6H3,(H,23,29)(H,24,28). The Balaban J connectivity index is 4.61. The van der Waals surface area contributed by atoms with Gasteiger partial charge in [-0.2, -0.15) is 0 Å². The van der Waals surface area contributed by atoms with Crippen molar-refractivity contribution in [1.29, 1.82) is 0 Å². The van der Waals surface area contributed by atoms with E-state index >= 15 is 0 Å². The number of amides is 2. The molecule has 0 radical (unpaired) electrons. The predicted octanol–water partition coefficient (Wildman–Crippen LogP) is 1.23. The Kier molecular flexibility index (Phi) is 12.6. The number of hydrogen-bond donors (Lipinski definition) is 3. The van der Waals surface area contributed by atoms with Gasteiger partial charge in [0.05, 0.1) is 12.1 Å². The van der Waals surface area contributed by atoms with Gasteiger partial charge in [-0.3, -0.25) is 19.2 Å². The van der Waals surface area contributed by atoms with Crippen molar-refractivity contribution in [3.63, 3.8) is 0 Å². The van der Waals surface area contributed by atoms with Crippen LogP contribution in [0.4, 0.5) is 0 Å². The van der Waals surface area contributed by atoms with E-state index in [1.54, 1.807) is 7.05 Å². The molecule has 2 amide bonds. The van der Waals surface area contributed by atoms with E-state index in [0.29, 0.717) is 6.42 Å². The lowest BCUT2D eigenvalue weighted by Crippen LogP contribution is -2.43. The van der Waals surface area contributed by atoms with E-state index in [2.05, 4.69) is 22.5 Å². The maximum atomic E-state index is 12.2. The molecule has 3 N–H and O–H groups in total. The summed E-state index contributed by atoms with van der Waals surface area (Å²) in [5, 5.41) is 8.34. The summed E-state index contributed by atoms with van der Waals surface area (Å²) >= 11 is 0. The first-order chi connectivity index (χ1) is 13.5. The van der Waals surface area contributed by atoms with Crippen molar-refractivity contribution >= 4 is 29.2 Å². The van der Waals surface area contributed by atoms with Gasteiger partial charge in [0, 0.05) is 25.3 Å². The minimum atomic E-state index is -0.765. The summed E-state index contributed by atoms with van der Waals surface area (Å²) in [5.41, 5.74) is 0.921. The summed E-state index contributed by atoms with van der Waals surface area (Å²) in [7, 11) is 1.79. The zero-order valence-corrected chi connectivity index (χ0v) is 18.2. The summed E-state index contributed by atoms with van der Waals surface area (Å²) in [6, 6.07) is -1.47. The minimum absolute atomic E-state index is 0.0146. The van der Waals surface area contributed by atoms with Crippen LogP contribution < -0.4 is 16.0 Å². The zero-order valence-electron chi connectivity index (χ0n) is 18.2. The third-order valence-electron chi connectivity index (χ3n) is 4.70. The lowest BCUT2D eigenvalue weighted by atomic mass is 10.0. The van der Waals surface area contributed by atoms with Crippen LogP contribution in [0.3, 0.4) is 0 Å². The fourth-order valence-electron chi connectivity index (χ4n) is 2.82. The first kappa shape index (κ1) is 26.6. The van der Waals surface area contributed by atoms with E-state index in [9.17, 15) is 24.0 Å². The Hall–Kier alpha value is -2.35. The van der Waals surface area contributed by atoms with E-state index in [-0.39, 0.29) is 61.4 Å². The highest BCUT2D eigenvalue weighted by molar-refractivity contribution is 5.90. The molecular formula is C21H35N3O5. The summed E-state index contributed by atoms with van der Waals surface area (Å²) in [4.78, 5) is 58.9. The molecule has 29 heavy (non-hydrogen) atoms. The van der Waals surface area contributed by atoms with Gasteiger partial charge < -0.3 is 20.7 Å². The molecule has 0 saturated heterocycles. The van der Waals surface area contributed by atoms with Gasteiger partial charge in [0.25, 0.3) is 0 Å². The molecule has 0 fully saturated rings. The van der Waals surface area contributed by atoms with Gasteiger partial charge in [-0.25, -0.2) is 0 Å². The number of Topliss-reactive ketones (excluding diaryl/α,β-unsaturated/α-hetero) is 3. The molecule has 0 heterocycles. The number of nitrogens with one attached hydrogen (secondary N) is 3. The lowest BCUT2D eigenvalue weighted by Gasteiger charge is -2.19. The van der Waals surface area contributed by atoms with Crippen molar-refractivity contribution in [3.8, 4) is 0 Å². The SMILES string of the molecule is C=C(C)C(CCC(=O)NC(CCC(=O)NC(CCC(C)=O)C(C)=O)C(C)=O)NC. The highest BCUT2D eigenvalue weighted by Gasteiger charge is 2.21. The van der Waals surface area contributed by atoms with E-state index in [1.807, 2.05) is 6.92 Å². The van der Waals surface area contributed by atoms with Gasteiger partial charge >= 0.3 is 0 Å². The molecule has 0 bridgehead atoms. The number of carbonyl (C=O) groups excluding carboxylic acids is 5. The fraction of sp³-hybridized carbons (Fsp3) is 0.667. The molecule has 0 aliphatic heterocycles. The van der Waals surface area contributed by atoms with Crippen LogP contribution in [0, 0.1) is 0 Å². The number of ketones is 3. The van der Waals surface area contributed by atoms with Crippen LogP contribution in [0.1, 0.15) is 66.2 Å². The molecule has 0 rings (SSSR count). The summed E-state index contributed by atoms with van der Waals surface area (Å²) in [6.07, 6.45) is 1.36. The summed E-state index contributed by atoms with van der Waals surface area (Å²) in [6.45, 7) is 9.88. The smallest absolute Gasteiger partial charge is 0.220 e. The molecule has 0 aromatic rings. The molecule has 0 saturated carbocycles. The van der Waals surface area contributed by atoms with Crippen molar-refractivity contribution in [2.45, 2.75) is 84.3 Å². The third-order valence-corrected chi connectivity index (χ3v) is 4.70. The minimum Gasteiger partial charge on any atom is -0.346 e. The second kappa shape index (κ2) is 13.8. The molecule has 0 spiro atoms. The van der Waals surface area contributed by atoms with Gasteiger partial charge in [0.1, 0.15) is 5.78 Å². The van der Waals surface area contributed by atoms with Crippen LogP contribution in [-0.4, -0.2) is 54.3 Å². The molecule has 0 aromatic carbocycles. The van der Waals surface area contributed by atoms with Crippen molar-refractivity contribution in [1.82, 2.24) is 16.0 Å². The maximum absolute atomic E-state index is 12.2. The molecule has 0 aromatic heterocycles. The molecule has 8 heteroatoms. The van der Waals surface area contributed by atoms with Crippen molar-refractivity contribution in [3.05, 3.63) is 12.2 Å². The fourth-order valence-corrected chi connectivity index (χ4v) is 2.82. The Morgan fingerprint density at radius 1 is 0.690 bits per heavy atom. The maximum Gasteiger partial charge on any atom is 0.220 e. The Bertz CT molecular complexity index is 630. The molecule has 0 aliphatic rings.